The van der Waals surface area contributed by atoms with Gasteiger partial charge in [0, 0.05) is 25.2 Å². The second-order valence-electron chi connectivity index (χ2n) is 16.3. The number of rotatable bonds is 34. The van der Waals surface area contributed by atoms with Crippen molar-refractivity contribution in [1.29, 1.82) is 0 Å². The molecule has 1 aliphatic rings. The summed E-state index contributed by atoms with van der Waals surface area (Å²) in [7, 11) is 1.03. The number of allylic oxidation sites excluding steroid dienone is 2. The summed E-state index contributed by atoms with van der Waals surface area (Å²) < 4.78 is 33.8. The van der Waals surface area contributed by atoms with Gasteiger partial charge in [0.05, 0.1) is 46.1 Å². The van der Waals surface area contributed by atoms with Crippen molar-refractivity contribution in [2.75, 3.05) is 47.5 Å². The van der Waals surface area contributed by atoms with Crippen molar-refractivity contribution < 1.29 is 57.4 Å². The number of carbonyl (C=O) groups excluding carboxylic acids is 2. The number of phosphoric acid groups is 1. The van der Waals surface area contributed by atoms with Crippen LogP contribution in [0.3, 0.4) is 0 Å². The van der Waals surface area contributed by atoms with E-state index in [0.29, 0.717) is 36.7 Å². The molecule has 0 bridgehead atoms. The van der Waals surface area contributed by atoms with Gasteiger partial charge in [0.2, 0.25) is 0 Å². The SMILES string of the molecule is CCCC/C=C\CCCCCCCC(=O)OC[C@H](COP(=O)([O-])OCC[N+](C)(C)C)OC(=O)CCCCCC[C@@H]1[C@@H](/C=C/[C@@H](O)CCCCC)[C@H](O)C[C@@H]1O. The highest BCUT2D eigenvalue weighted by molar-refractivity contribution is 7.45. The predicted octanol–water partition coefficient (Wildman–Crippen LogP) is 7.32. The number of aliphatic hydroxyl groups excluding tert-OH is 3. The number of nitrogens with zero attached hydrogens (tertiary/aromatic N) is 1. The summed E-state index contributed by atoms with van der Waals surface area (Å²) in [6.07, 6.45) is 22.8. The van der Waals surface area contributed by atoms with Gasteiger partial charge in [0.25, 0.3) is 7.82 Å². The minimum Gasteiger partial charge on any atom is -0.756 e. The van der Waals surface area contributed by atoms with E-state index in [1.54, 1.807) is 6.08 Å². The highest BCUT2D eigenvalue weighted by atomic mass is 31.2. The molecule has 0 aromatic carbocycles. The van der Waals surface area contributed by atoms with Gasteiger partial charge in [0.15, 0.2) is 6.10 Å². The zero-order chi connectivity index (χ0) is 41.0. The number of esters is 2. The van der Waals surface area contributed by atoms with Crippen molar-refractivity contribution in [2.24, 2.45) is 11.8 Å². The van der Waals surface area contributed by atoms with E-state index in [1.165, 1.54) is 12.8 Å². The largest absolute Gasteiger partial charge is 0.756 e. The molecule has 13 heteroatoms. The van der Waals surface area contributed by atoms with Crippen LogP contribution in [-0.4, -0.2) is 104 Å². The molecule has 12 nitrogen and oxygen atoms in total. The van der Waals surface area contributed by atoms with Crippen LogP contribution in [0.4, 0.5) is 0 Å². The van der Waals surface area contributed by atoms with E-state index in [-0.39, 0.29) is 37.9 Å². The molecule has 1 saturated carbocycles. The summed E-state index contributed by atoms with van der Waals surface area (Å²) >= 11 is 0. The van der Waals surface area contributed by atoms with Crippen LogP contribution in [0.1, 0.15) is 149 Å². The molecule has 0 radical (unpaired) electrons. The third kappa shape index (κ3) is 27.6. The minimum atomic E-state index is -4.68. The average molecular weight is 804 g/mol. The number of phosphoric ester groups is 1. The van der Waals surface area contributed by atoms with Gasteiger partial charge in [-0.25, -0.2) is 0 Å². The third-order valence-corrected chi connectivity index (χ3v) is 11.0. The molecule has 1 aliphatic carbocycles. The Labute approximate surface area is 333 Å². The lowest BCUT2D eigenvalue weighted by Crippen LogP contribution is -2.37. The Kier molecular flexibility index (Phi) is 28.4. The fourth-order valence-electron chi connectivity index (χ4n) is 6.61. The van der Waals surface area contributed by atoms with Crippen LogP contribution in [0.15, 0.2) is 24.3 Å². The summed E-state index contributed by atoms with van der Waals surface area (Å²) in [6.45, 7) is 3.82. The van der Waals surface area contributed by atoms with Gasteiger partial charge in [-0.15, -0.1) is 0 Å². The Balaban J connectivity index is 2.52. The predicted molar refractivity (Wildman–Crippen MR) is 215 cm³/mol. The second kappa shape index (κ2) is 30.4. The quantitative estimate of drug-likeness (QED) is 0.0196. The first kappa shape index (κ1) is 51.4. The molecule has 1 fully saturated rings. The lowest BCUT2D eigenvalue weighted by atomic mass is 9.88. The van der Waals surface area contributed by atoms with E-state index in [0.717, 1.165) is 83.5 Å². The van der Waals surface area contributed by atoms with Gasteiger partial charge in [-0.1, -0.05) is 109 Å². The summed E-state index contributed by atoms with van der Waals surface area (Å²) in [5.74, 6) is -1.29. The van der Waals surface area contributed by atoms with Crippen LogP contribution in [-0.2, 0) is 32.7 Å². The Bertz CT molecular complexity index is 1110. The number of ether oxygens (including phenoxy) is 2. The molecule has 0 saturated heterocycles. The van der Waals surface area contributed by atoms with Crippen molar-refractivity contribution in [3.05, 3.63) is 24.3 Å². The van der Waals surface area contributed by atoms with Crippen molar-refractivity contribution in [1.82, 2.24) is 0 Å². The van der Waals surface area contributed by atoms with Crippen molar-refractivity contribution in [3.63, 3.8) is 0 Å². The smallest absolute Gasteiger partial charge is 0.306 e. The van der Waals surface area contributed by atoms with Gasteiger partial charge in [-0.3, -0.25) is 14.2 Å². The first-order valence-electron chi connectivity index (χ1n) is 21.3. The summed E-state index contributed by atoms with van der Waals surface area (Å²) in [4.78, 5) is 37.6. The maximum atomic E-state index is 12.8. The van der Waals surface area contributed by atoms with Crippen LogP contribution in [0.5, 0.6) is 0 Å². The summed E-state index contributed by atoms with van der Waals surface area (Å²) in [5, 5.41) is 31.4. The van der Waals surface area contributed by atoms with Gasteiger partial charge in [0.1, 0.15) is 19.8 Å². The fourth-order valence-corrected chi connectivity index (χ4v) is 7.34. The van der Waals surface area contributed by atoms with Gasteiger partial charge in [-0.2, -0.15) is 0 Å². The lowest BCUT2D eigenvalue weighted by molar-refractivity contribution is -0.870. The highest BCUT2D eigenvalue weighted by Crippen LogP contribution is 2.39. The van der Waals surface area contributed by atoms with E-state index in [1.807, 2.05) is 27.2 Å². The van der Waals surface area contributed by atoms with Crippen LogP contribution in [0.2, 0.25) is 0 Å². The molecule has 0 heterocycles. The number of aliphatic hydroxyl groups is 3. The molecular formula is C42H78NO11P. The zero-order valence-corrected chi connectivity index (χ0v) is 35.8. The third-order valence-electron chi connectivity index (χ3n) is 10.0. The number of carbonyl (C=O) groups is 2. The Morgan fingerprint density at radius 2 is 1.42 bits per heavy atom. The monoisotopic (exact) mass is 804 g/mol. The van der Waals surface area contributed by atoms with Crippen molar-refractivity contribution in [3.8, 4) is 0 Å². The van der Waals surface area contributed by atoms with Gasteiger partial charge < -0.3 is 43.2 Å². The molecule has 1 rings (SSSR count). The number of unbranched alkanes of at least 4 members (excludes halogenated alkanes) is 12. The van der Waals surface area contributed by atoms with E-state index >= 15 is 0 Å². The Morgan fingerprint density at radius 3 is 2.09 bits per heavy atom. The van der Waals surface area contributed by atoms with Gasteiger partial charge >= 0.3 is 11.9 Å². The van der Waals surface area contributed by atoms with E-state index in [9.17, 15) is 34.4 Å². The minimum absolute atomic E-state index is 0.0702. The van der Waals surface area contributed by atoms with E-state index < -0.39 is 50.8 Å². The normalized spacial score (nSPS) is 21.3. The molecule has 0 amide bonds. The first-order chi connectivity index (χ1) is 26.2. The van der Waals surface area contributed by atoms with Crippen LogP contribution in [0.25, 0.3) is 0 Å². The van der Waals surface area contributed by atoms with Crippen molar-refractivity contribution in [2.45, 2.75) is 173 Å². The highest BCUT2D eigenvalue weighted by Gasteiger charge is 2.39. The molecule has 7 atom stereocenters. The molecule has 55 heavy (non-hydrogen) atoms. The Morgan fingerprint density at radius 1 is 0.800 bits per heavy atom. The van der Waals surface area contributed by atoms with Crippen molar-refractivity contribution >= 4 is 19.8 Å². The first-order valence-corrected chi connectivity index (χ1v) is 22.8. The molecule has 0 spiro atoms. The number of hydrogen-bond donors (Lipinski definition) is 3. The van der Waals surface area contributed by atoms with Crippen LogP contribution < -0.4 is 4.89 Å². The molecule has 0 aromatic heterocycles. The van der Waals surface area contributed by atoms with Gasteiger partial charge in [-0.05, 0) is 50.9 Å². The number of hydrogen-bond acceptors (Lipinski definition) is 11. The fraction of sp³-hybridized carbons (Fsp3) is 0.857. The van der Waals surface area contributed by atoms with E-state index in [2.05, 4.69) is 26.0 Å². The molecule has 3 N–H and O–H groups in total. The zero-order valence-electron chi connectivity index (χ0n) is 35.0. The summed E-state index contributed by atoms with van der Waals surface area (Å²) in [5.41, 5.74) is 0. The second-order valence-corrected chi connectivity index (χ2v) is 17.7. The molecular weight excluding hydrogens is 725 g/mol. The Hall–Kier alpha value is -1.63. The van der Waals surface area contributed by atoms with Crippen LogP contribution >= 0.6 is 7.82 Å². The summed E-state index contributed by atoms with van der Waals surface area (Å²) in [6, 6.07) is 0. The van der Waals surface area contributed by atoms with Crippen LogP contribution in [0, 0.1) is 11.8 Å². The molecule has 0 aliphatic heterocycles. The van der Waals surface area contributed by atoms with E-state index in [4.69, 9.17) is 18.5 Å². The maximum Gasteiger partial charge on any atom is 0.306 e. The topological polar surface area (TPSA) is 172 Å². The molecule has 1 unspecified atom stereocenters. The number of likely N-dealkylation sites (N-methyl/N-ethyl adjacent to an activating group) is 1. The average Bonchev–Trinajstić information content (AvgIpc) is 3.39. The molecule has 322 valence electrons. The maximum absolute atomic E-state index is 12.8. The lowest BCUT2D eigenvalue weighted by Gasteiger charge is -2.28. The standard InChI is InChI=1S/C42H78NO11P/c1-6-8-10-11-12-13-14-15-16-17-22-26-41(47)51-33-36(34-53-55(49,50)52-31-30-43(3,4)5)54-42(48)27-23-19-18-21-25-37-38(40(46)32-39(37)45)29-28-35(44)24-20-9-7-2/h11-12,28-29,35-40,44-46H,6-10,13-27,30-34H2,1-5H3/b12-11-,29-28+/t35-,36+,37+,38+,39-,40+/m0/s1. The number of quaternary nitrogens is 1. The molecule has 0 aromatic rings.